The van der Waals surface area contributed by atoms with Gasteiger partial charge in [-0.1, -0.05) is 34.8 Å². The van der Waals surface area contributed by atoms with Crippen molar-refractivity contribution in [3.8, 4) is 0 Å². The first-order valence-corrected chi connectivity index (χ1v) is 11.8. The first-order valence-electron chi connectivity index (χ1n) is 10.6. The van der Waals surface area contributed by atoms with Crippen molar-refractivity contribution in [3.63, 3.8) is 0 Å². The Morgan fingerprint density at radius 1 is 0.794 bits per heavy atom. The van der Waals surface area contributed by atoms with E-state index in [1.165, 1.54) is 11.0 Å². The van der Waals surface area contributed by atoms with Gasteiger partial charge in [0.1, 0.15) is 0 Å². The molecule has 0 bridgehead atoms. The Bertz CT molecular complexity index is 1120. The summed E-state index contributed by atoms with van der Waals surface area (Å²) in [6, 6.07) is 8.81. The number of rotatable bonds is 4. The number of hydrogen-bond acceptors (Lipinski definition) is 5. The minimum Gasteiger partial charge on any atom is -0.478 e. The van der Waals surface area contributed by atoms with Crippen LogP contribution in [0.5, 0.6) is 0 Å². The third-order valence-corrected chi connectivity index (χ3v) is 7.20. The van der Waals surface area contributed by atoms with Gasteiger partial charge >= 0.3 is 5.97 Å². The number of hydrogen-bond donors (Lipinski definition) is 2. The zero-order chi connectivity index (χ0) is 24.6. The molecule has 0 aromatic heterocycles. The van der Waals surface area contributed by atoms with Gasteiger partial charge in [-0.3, -0.25) is 14.5 Å². The molecule has 2 heterocycles. The summed E-state index contributed by atoms with van der Waals surface area (Å²) in [4.78, 5) is 42.7. The van der Waals surface area contributed by atoms with E-state index in [2.05, 4.69) is 4.90 Å². The second kappa shape index (κ2) is 10.1. The number of aromatic carboxylic acids is 1. The molecule has 0 spiro atoms. The van der Waals surface area contributed by atoms with Crippen molar-refractivity contribution in [2.75, 3.05) is 39.3 Å². The van der Waals surface area contributed by atoms with Crippen LogP contribution in [0.4, 0.5) is 0 Å². The molecular weight excluding hydrogens is 505 g/mol. The van der Waals surface area contributed by atoms with Gasteiger partial charge in [-0.2, -0.15) is 0 Å². The maximum atomic E-state index is 13.1. The summed E-state index contributed by atoms with van der Waals surface area (Å²) in [5.41, 5.74) is 0.242. The van der Waals surface area contributed by atoms with Crippen LogP contribution in [-0.2, 0) is 0 Å². The van der Waals surface area contributed by atoms with Gasteiger partial charge in [0.2, 0.25) is 0 Å². The van der Waals surface area contributed by atoms with Gasteiger partial charge in [-0.15, -0.1) is 0 Å². The van der Waals surface area contributed by atoms with Gasteiger partial charge in [0.25, 0.3) is 11.8 Å². The smallest absolute Gasteiger partial charge is 0.336 e. The Morgan fingerprint density at radius 2 is 1.38 bits per heavy atom. The van der Waals surface area contributed by atoms with Crippen LogP contribution in [0, 0.1) is 0 Å². The zero-order valence-electron chi connectivity index (χ0n) is 18.0. The number of aliphatic hydroxyl groups excluding tert-OH is 1. The lowest BCUT2D eigenvalue weighted by Crippen LogP contribution is -2.54. The van der Waals surface area contributed by atoms with Gasteiger partial charge < -0.3 is 20.0 Å². The lowest BCUT2D eigenvalue weighted by atomic mass is 10.1. The largest absolute Gasteiger partial charge is 0.478 e. The van der Waals surface area contributed by atoms with E-state index in [0.717, 1.165) is 6.07 Å². The number of aliphatic hydroxyl groups is 1. The second-order valence-electron chi connectivity index (χ2n) is 8.30. The standard InChI is InChI=1S/C23H22Cl3N3O5/c24-14-3-1-13(2-4-14)21(31)28-7-5-27(6-8-28)19-11-29(12-20(19)30)22(32)15-9-17(25)18(26)10-16(15)23(33)34/h1-4,9-10,19-20,30H,5-8,11-12H2,(H,33,34)/t19-,20-/m1/s1. The fraction of sp³-hybridized carbons (Fsp3) is 0.348. The molecular formula is C23H22Cl3N3O5. The lowest BCUT2D eigenvalue weighted by Gasteiger charge is -2.38. The van der Waals surface area contributed by atoms with Crippen molar-refractivity contribution >= 4 is 52.6 Å². The highest BCUT2D eigenvalue weighted by Crippen LogP contribution is 2.28. The van der Waals surface area contributed by atoms with Gasteiger partial charge in [0, 0.05) is 49.9 Å². The first-order chi connectivity index (χ1) is 16.2. The molecule has 2 aromatic rings. The third-order valence-electron chi connectivity index (χ3n) is 6.23. The summed E-state index contributed by atoms with van der Waals surface area (Å²) in [5, 5.41) is 20.8. The molecule has 2 aliphatic rings. The minimum absolute atomic E-state index is 0.0426. The monoisotopic (exact) mass is 525 g/mol. The van der Waals surface area contributed by atoms with E-state index < -0.39 is 18.0 Å². The summed E-state index contributed by atoms with van der Waals surface area (Å²) in [7, 11) is 0. The Morgan fingerprint density at radius 3 is 1.97 bits per heavy atom. The summed E-state index contributed by atoms with van der Waals surface area (Å²) in [5.74, 6) is -1.91. The first kappa shape index (κ1) is 24.8. The molecule has 2 aromatic carbocycles. The molecule has 2 atom stereocenters. The lowest BCUT2D eigenvalue weighted by molar-refractivity contribution is 0.0376. The van der Waals surface area contributed by atoms with E-state index in [1.54, 1.807) is 29.2 Å². The number of nitrogens with zero attached hydrogens (tertiary/aromatic N) is 3. The molecule has 8 nitrogen and oxygen atoms in total. The van der Waals surface area contributed by atoms with Gasteiger partial charge in [0.05, 0.1) is 33.3 Å². The molecule has 0 saturated carbocycles. The quantitative estimate of drug-likeness (QED) is 0.635. The predicted molar refractivity (Wildman–Crippen MR) is 128 cm³/mol. The van der Waals surface area contributed by atoms with Crippen molar-refractivity contribution in [2.24, 2.45) is 0 Å². The van der Waals surface area contributed by atoms with Crippen molar-refractivity contribution < 1.29 is 24.6 Å². The number of carboxylic acids is 1. The molecule has 0 unspecified atom stereocenters. The molecule has 2 saturated heterocycles. The van der Waals surface area contributed by atoms with Crippen LogP contribution in [0.25, 0.3) is 0 Å². The highest BCUT2D eigenvalue weighted by molar-refractivity contribution is 6.42. The summed E-state index contributed by atoms with van der Waals surface area (Å²) in [6.45, 7) is 2.33. The number of carbonyl (C=O) groups excluding carboxylic acids is 2. The van der Waals surface area contributed by atoms with Crippen LogP contribution in [0.15, 0.2) is 36.4 Å². The van der Waals surface area contributed by atoms with E-state index in [-0.39, 0.29) is 46.2 Å². The van der Waals surface area contributed by atoms with E-state index >= 15 is 0 Å². The number of β-amino-alcohol motifs (C(OH)–C–C–N with tert-alkyl or cyclic N) is 1. The van der Waals surface area contributed by atoms with Crippen LogP contribution < -0.4 is 0 Å². The van der Waals surface area contributed by atoms with Crippen LogP contribution >= 0.6 is 34.8 Å². The zero-order valence-corrected chi connectivity index (χ0v) is 20.2. The number of benzene rings is 2. The number of carbonyl (C=O) groups is 3. The van der Waals surface area contributed by atoms with Crippen LogP contribution in [-0.4, -0.2) is 94.1 Å². The van der Waals surface area contributed by atoms with Crippen molar-refractivity contribution in [1.82, 2.24) is 14.7 Å². The Balaban J connectivity index is 1.41. The van der Waals surface area contributed by atoms with Gasteiger partial charge in [-0.05, 0) is 36.4 Å². The minimum atomic E-state index is -1.29. The average molecular weight is 527 g/mol. The summed E-state index contributed by atoms with van der Waals surface area (Å²) >= 11 is 17.8. The van der Waals surface area contributed by atoms with Crippen LogP contribution in [0.2, 0.25) is 15.1 Å². The fourth-order valence-electron chi connectivity index (χ4n) is 4.40. The molecule has 11 heteroatoms. The number of likely N-dealkylation sites (tertiary alicyclic amines) is 1. The van der Waals surface area contributed by atoms with Crippen molar-refractivity contribution in [1.29, 1.82) is 0 Å². The molecule has 2 aliphatic heterocycles. The Labute approximate surface area is 211 Å². The molecule has 180 valence electrons. The third kappa shape index (κ3) is 5.01. The maximum absolute atomic E-state index is 13.1. The molecule has 2 fully saturated rings. The van der Waals surface area contributed by atoms with Crippen LogP contribution in [0.3, 0.4) is 0 Å². The predicted octanol–water partition coefficient (Wildman–Crippen LogP) is 2.99. The highest BCUT2D eigenvalue weighted by Gasteiger charge is 2.40. The Hall–Kier alpha value is -2.36. The highest BCUT2D eigenvalue weighted by atomic mass is 35.5. The normalized spacial score (nSPS) is 21.1. The van der Waals surface area contributed by atoms with Crippen LogP contribution in [0.1, 0.15) is 31.1 Å². The summed E-state index contributed by atoms with van der Waals surface area (Å²) < 4.78 is 0. The Kier molecular flexibility index (Phi) is 7.35. The van der Waals surface area contributed by atoms with Crippen molar-refractivity contribution in [2.45, 2.75) is 12.1 Å². The van der Waals surface area contributed by atoms with E-state index in [9.17, 15) is 24.6 Å². The van der Waals surface area contributed by atoms with E-state index in [4.69, 9.17) is 34.8 Å². The molecule has 2 N–H and O–H groups in total. The van der Waals surface area contributed by atoms with Gasteiger partial charge in [0.15, 0.2) is 0 Å². The number of halogens is 3. The second-order valence-corrected chi connectivity index (χ2v) is 9.55. The molecule has 0 radical (unpaired) electrons. The van der Waals surface area contributed by atoms with Gasteiger partial charge in [-0.25, -0.2) is 4.79 Å². The SMILES string of the molecule is O=C(O)c1cc(Cl)c(Cl)cc1C(=O)N1C[C@@H](O)[C@H](N2CCN(C(=O)c3ccc(Cl)cc3)CC2)C1. The van der Waals surface area contributed by atoms with Crippen molar-refractivity contribution in [3.05, 3.63) is 68.2 Å². The number of amides is 2. The molecule has 0 aliphatic carbocycles. The number of piperazine rings is 1. The topological polar surface area (TPSA) is 101 Å². The molecule has 4 rings (SSSR count). The van der Waals surface area contributed by atoms with E-state index in [1.807, 2.05) is 0 Å². The number of carboxylic acid groups (broad SMARTS) is 1. The fourth-order valence-corrected chi connectivity index (χ4v) is 4.85. The average Bonchev–Trinajstić information content (AvgIpc) is 3.21. The molecule has 34 heavy (non-hydrogen) atoms. The summed E-state index contributed by atoms with van der Waals surface area (Å²) in [6.07, 6.45) is -0.807. The molecule has 2 amide bonds. The maximum Gasteiger partial charge on any atom is 0.336 e. The van der Waals surface area contributed by atoms with E-state index in [0.29, 0.717) is 36.8 Å².